The van der Waals surface area contributed by atoms with Gasteiger partial charge in [0.1, 0.15) is 0 Å². The van der Waals surface area contributed by atoms with Crippen molar-refractivity contribution in [3.8, 4) is 0 Å². The molecule has 5 nitrogen and oxygen atoms in total. The smallest absolute Gasteiger partial charge is 0.243 e. The molecule has 0 aliphatic heterocycles. The fourth-order valence-corrected chi connectivity index (χ4v) is 5.16. The molecule has 0 spiro atoms. The molecule has 7 heteroatoms. The van der Waals surface area contributed by atoms with Gasteiger partial charge < -0.3 is 5.32 Å². The molecule has 0 heterocycles. The van der Waals surface area contributed by atoms with Crippen molar-refractivity contribution >= 4 is 44.0 Å². The normalized spacial score (nSPS) is 11.6. The lowest BCUT2D eigenvalue weighted by Crippen LogP contribution is -2.37. The Kier molecular flexibility index (Phi) is 6.79. The number of amides is 1. The first-order valence-electron chi connectivity index (χ1n) is 10.4. The van der Waals surface area contributed by atoms with E-state index in [-0.39, 0.29) is 18.0 Å². The number of carbonyl (C=O) groups is 1. The Labute approximate surface area is 198 Å². The summed E-state index contributed by atoms with van der Waals surface area (Å²) in [6, 6.07) is 26.9. The second kappa shape index (κ2) is 9.75. The summed E-state index contributed by atoms with van der Waals surface area (Å²) in [5.74, 6) is -0.436. The average molecular weight is 479 g/mol. The number of rotatable bonds is 7. The Morgan fingerprint density at radius 1 is 0.879 bits per heavy atom. The van der Waals surface area contributed by atoms with E-state index in [9.17, 15) is 13.2 Å². The molecule has 0 aliphatic rings. The van der Waals surface area contributed by atoms with Crippen molar-refractivity contribution in [2.24, 2.45) is 0 Å². The maximum Gasteiger partial charge on any atom is 0.243 e. The lowest BCUT2D eigenvalue weighted by Gasteiger charge is -2.23. The molecule has 4 aromatic carbocycles. The van der Waals surface area contributed by atoms with E-state index >= 15 is 0 Å². The lowest BCUT2D eigenvalue weighted by atomic mass is 10.1. The zero-order chi connectivity index (χ0) is 23.4. The number of sulfonamides is 1. The van der Waals surface area contributed by atoms with Crippen LogP contribution in [0.15, 0.2) is 95.9 Å². The number of hydrogen-bond acceptors (Lipinski definition) is 3. The molecule has 33 heavy (non-hydrogen) atoms. The van der Waals surface area contributed by atoms with Crippen molar-refractivity contribution < 1.29 is 13.2 Å². The van der Waals surface area contributed by atoms with Gasteiger partial charge in [0, 0.05) is 22.6 Å². The Hall–Kier alpha value is -3.19. The molecule has 0 saturated carbocycles. The standard InChI is InChI=1S/C26H23ClN2O3S/c1-19-13-15-22(16-14-19)33(31,32)29(17-21-8-3-5-11-24(21)27)18-26(30)28-25-12-6-9-20-7-2-4-10-23(20)25/h2-16H,17-18H2,1H3,(H,28,30). The monoisotopic (exact) mass is 478 g/mol. The molecule has 0 bridgehead atoms. The number of fused-ring (bicyclic) bond motifs is 1. The van der Waals surface area contributed by atoms with Gasteiger partial charge >= 0.3 is 0 Å². The summed E-state index contributed by atoms with van der Waals surface area (Å²) in [7, 11) is -3.95. The highest BCUT2D eigenvalue weighted by Gasteiger charge is 2.27. The molecule has 0 aromatic heterocycles. The Morgan fingerprint density at radius 2 is 1.55 bits per heavy atom. The highest BCUT2D eigenvalue weighted by atomic mass is 35.5. The Bertz CT molecular complexity index is 1400. The van der Waals surface area contributed by atoms with Crippen LogP contribution < -0.4 is 5.32 Å². The van der Waals surface area contributed by atoms with Crippen molar-refractivity contribution in [3.63, 3.8) is 0 Å². The molecule has 0 fully saturated rings. The highest BCUT2D eigenvalue weighted by Crippen LogP contribution is 2.25. The van der Waals surface area contributed by atoms with Gasteiger partial charge in [0.2, 0.25) is 15.9 Å². The van der Waals surface area contributed by atoms with Gasteiger partial charge in [0.15, 0.2) is 0 Å². The van der Waals surface area contributed by atoms with Crippen LogP contribution in [0.25, 0.3) is 10.8 Å². The lowest BCUT2D eigenvalue weighted by molar-refractivity contribution is -0.116. The van der Waals surface area contributed by atoms with E-state index in [4.69, 9.17) is 11.6 Å². The van der Waals surface area contributed by atoms with Crippen molar-refractivity contribution in [2.75, 3.05) is 11.9 Å². The molecule has 0 atom stereocenters. The van der Waals surface area contributed by atoms with Crippen LogP contribution in [0.2, 0.25) is 5.02 Å². The van der Waals surface area contributed by atoms with Gasteiger partial charge in [-0.3, -0.25) is 4.79 Å². The number of halogens is 1. The Balaban J connectivity index is 1.64. The minimum absolute atomic E-state index is 0.0289. The van der Waals surface area contributed by atoms with Crippen LogP contribution in [0, 0.1) is 6.92 Å². The summed E-state index contributed by atoms with van der Waals surface area (Å²) in [6.45, 7) is 1.50. The minimum atomic E-state index is -3.95. The van der Waals surface area contributed by atoms with E-state index in [0.717, 1.165) is 20.6 Å². The van der Waals surface area contributed by atoms with E-state index in [0.29, 0.717) is 16.3 Å². The molecular weight excluding hydrogens is 456 g/mol. The summed E-state index contributed by atoms with van der Waals surface area (Å²) >= 11 is 6.29. The summed E-state index contributed by atoms with van der Waals surface area (Å²) in [6.07, 6.45) is 0. The summed E-state index contributed by atoms with van der Waals surface area (Å²) < 4.78 is 28.1. The van der Waals surface area contributed by atoms with Crippen LogP contribution in [0.3, 0.4) is 0 Å². The van der Waals surface area contributed by atoms with Crippen LogP contribution >= 0.6 is 11.6 Å². The largest absolute Gasteiger partial charge is 0.324 e. The first-order valence-corrected chi connectivity index (χ1v) is 12.2. The number of aryl methyl sites for hydroxylation is 1. The van der Waals surface area contributed by atoms with Crippen LogP contribution in [0.5, 0.6) is 0 Å². The molecule has 0 unspecified atom stereocenters. The van der Waals surface area contributed by atoms with Crippen LogP contribution in [-0.4, -0.2) is 25.2 Å². The number of nitrogens with zero attached hydrogens (tertiary/aromatic N) is 1. The third-order valence-electron chi connectivity index (χ3n) is 5.35. The van der Waals surface area contributed by atoms with Gasteiger partial charge in [-0.1, -0.05) is 83.9 Å². The molecule has 0 aliphatic carbocycles. The quantitative estimate of drug-likeness (QED) is 0.374. The maximum absolute atomic E-state index is 13.5. The van der Waals surface area contributed by atoms with Gasteiger partial charge in [-0.25, -0.2) is 8.42 Å². The van der Waals surface area contributed by atoms with Gasteiger partial charge in [-0.05, 0) is 42.1 Å². The molecule has 168 valence electrons. The first kappa shape index (κ1) is 23.0. The molecule has 1 N–H and O–H groups in total. The van der Waals surface area contributed by atoms with E-state index in [1.54, 1.807) is 54.6 Å². The van der Waals surface area contributed by atoms with Crippen molar-refractivity contribution in [3.05, 3.63) is 107 Å². The van der Waals surface area contributed by atoms with Gasteiger partial charge in [-0.15, -0.1) is 0 Å². The maximum atomic E-state index is 13.5. The SMILES string of the molecule is Cc1ccc(S(=O)(=O)N(CC(=O)Nc2cccc3ccccc23)Cc2ccccc2Cl)cc1. The van der Waals surface area contributed by atoms with Crippen LogP contribution in [0.4, 0.5) is 5.69 Å². The van der Waals surface area contributed by atoms with E-state index in [1.807, 2.05) is 43.3 Å². The molecule has 0 saturated heterocycles. The zero-order valence-corrected chi connectivity index (χ0v) is 19.6. The second-order valence-corrected chi connectivity index (χ2v) is 10.1. The number of benzene rings is 4. The van der Waals surface area contributed by atoms with Crippen molar-refractivity contribution in [1.82, 2.24) is 4.31 Å². The first-order chi connectivity index (χ1) is 15.8. The minimum Gasteiger partial charge on any atom is -0.324 e. The van der Waals surface area contributed by atoms with Gasteiger partial charge in [0.05, 0.1) is 11.4 Å². The Morgan fingerprint density at radius 3 is 2.30 bits per heavy atom. The number of hydrogen-bond donors (Lipinski definition) is 1. The van der Waals surface area contributed by atoms with Gasteiger partial charge in [0.25, 0.3) is 0 Å². The molecule has 4 aromatic rings. The topological polar surface area (TPSA) is 66.5 Å². The summed E-state index contributed by atoms with van der Waals surface area (Å²) in [5, 5.41) is 5.18. The highest BCUT2D eigenvalue weighted by molar-refractivity contribution is 7.89. The van der Waals surface area contributed by atoms with Crippen molar-refractivity contribution in [2.45, 2.75) is 18.4 Å². The predicted molar refractivity (Wildman–Crippen MR) is 133 cm³/mol. The predicted octanol–water partition coefficient (Wildman–Crippen LogP) is 5.63. The fraction of sp³-hybridized carbons (Fsp3) is 0.115. The molecule has 1 amide bonds. The second-order valence-electron chi connectivity index (χ2n) is 7.75. The third kappa shape index (κ3) is 5.25. The third-order valence-corrected chi connectivity index (χ3v) is 7.52. The number of anilines is 1. The van der Waals surface area contributed by atoms with E-state index in [2.05, 4.69) is 5.32 Å². The number of carbonyl (C=O) groups excluding carboxylic acids is 1. The van der Waals surface area contributed by atoms with Crippen molar-refractivity contribution in [1.29, 1.82) is 0 Å². The van der Waals surface area contributed by atoms with Gasteiger partial charge in [-0.2, -0.15) is 4.31 Å². The zero-order valence-electron chi connectivity index (χ0n) is 18.0. The summed E-state index contributed by atoms with van der Waals surface area (Å²) in [5.41, 5.74) is 2.19. The molecule has 0 radical (unpaired) electrons. The summed E-state index contributed by atoms with van der Waals surface area (Å²) in [4.78, 5) is 13.1. The van der Waals surface area contributed by atoms with Crippen LogP contribution in [0.1, 0.15) is 11.1 Å². The van der Waals surface area contributed by atoms with E-state index in [1.165, 1.54) is 0 Å². The van der Waals surface area contributed by atoms with Crippen LogP contribution in [-0.2, 0) is 21.4 Å². The molecular formula is C26H23ClN2O3S. The number of nitrogens with one attached hydrogen (secondary N) is 1. The average Bonchev–Trinajstić information content (AvgIpc) is 2.80. The van der Waals surface area contributed by atoms with E-state index < -0.39 is 15.9 Å². The fourth-order valence-electron chi connectivity index (χ4n) is 3.59. The molecule has 4 rings (SSSR count).